The summed E-state index contributed by atoms with van der Waals surface area (Å²) in [6.07, 6.45) is 0.137. The summed E-state index contributed by atoms with van der Waals surface area (Å²) in [5, 5.41) is 4.52. The van der Waals surface area contributed by atoms with E-state index in [1.807, 2.05) is 0 Å². The van der Waals surface area contributed by atoms with Gasteiger partial charge in [-0.25, -0.2) is 12.8 Å². The van der Waals surface area contributed by atoms with Crippen LogP contribution < -0.4 is 10.0 Å². The van der Waals surface area contributed by atoms with Gasteiger partial charge in [-0.3, -0.25) is 9.52 Å². The standard InChI is InChI=1S/C20H19FN2O3S2/c1-14(16-4-2-5-17(21)13-16)22-19(24)12-15-7-9-18(10-8-15)23-28(25,26)20-6-3-11-27-20/h2-11,13-14,23H,12H2,1H3,(H,22,24)/t14-/m1/s1. The molecule has 146 valence electrons. The summed E-state index contributed by atoms with van der Waals surface area (Å²) < 4.78 is 40.5. The van der Waals surface area contributed by atoms with Crippen LogP contribution >= 0.6 is 11.3 Å². The molecule has 2 aromatic carbocycles. The summed E-state index contributed by atoms with van der Waals surface area (Å²) in [5.74, 6) is -0.553. The Kier molecular flexibility index (Phi) is 6.11. The molecule has 8 heteroatoms. The zero-order valence-corrected chi connectivity index (χ0v) is 16.7. The van der Waals surface area contributed by atoms with E-state index in [4.69, 9.17) is 0 Å². The summed E-state index contributed by atoms with van der Waals surface area (Å²) in [6, 6.07) is 15.6. The van der Waals surface area contributed by atoms with E-state index in [-0.39, 0.29) is 28.4 Å². The smallest absolute Gasteiger partial charge is 0.271 e. The monoisotopic (exact) mass is 418 g/mol. The number of benzene rings is 2. The molecular weight excluding hydrogens is 399 g/mol. The molecule has 3 rings (SSSR count). The van der Waals surface area contributed by atoms with E-state index in [9.17, 15) is 17.6 Å². The first-order chi connectivity index (χ1) is 13.3. The van der Waals surface area contributed by atoms with Crippen LogP contribution in [0.3, 0.4) is 0 Å². The van der Waals surface area contributed by atoms with Crippen molar-refractivity contribution in [3.63, 3.8) is 0 Å². The first-order valence-electron chi connectivity index (χ1n) is 8.53. The molecule has 0 aliphatic rings. The summed E-state index contributed by atoms with van der Waals surface area (Å²) >= 11 is 1.14. The molecule has 0 aliphatic heterocycles. The number of halogens is 1. The van der Waals surface area contributed by atoms with Gasteiger partial charge in [-0.05, 0) is 53.8 Å². The maximum atomic E-state index is 13.3. The molecule has 2 N–H and O–H groups in total. The van der Waals surface area contributed by atoms with Crippen molar-refractivity contribution in [2.75, 3.05) is 4.72 Å². The first-order valence-corrected chi connectivity index (χ1v) is 10.9. The van der Waals surface area contributed by atoms with Gasteiger partial charge in [0.05, 0.1) is 12.5 Å². The van der Waals surface area contributed by atoms with E-state index >= 15 is 0 Å². The van der Waals surface area contributed by atoms with Crippen LogP contribution in [-0.4, -0.2) is 14.3 Å². The predicted octanol–water partition coefficient (Wildman–Crippen LogP) is 4.11. The molecule has 1 atom stereocenters. The fourth-order valence-electron chi connectivity index (χ4n) is 2.65. The van der Waals surface area contributed by atoms with Crippen LogP contribution in [0.25, 0.3) is 0 Å². The molecule has 1 aromatic heterocycles. The molecule has 1 amide bonds. The van der Waals surface area contributed by atoms with E-state index in [1.165, 1.54) is 18.2 Å². The number of anilines is 1. The highest BCUT2D eigenvalue weighted by atomic mass is 32.2. The number of nitrogens with one attached hydrogen (secondary N) is 2. The number of hydrogen-bond acceptors (Lipinski definition) is 4. The van der Waals surface area contributed by atoms with Gasteiger partial charge < -0.3 is 5.32 Å². The Morgan fingerprint density at radius 3 is 2.50 bits per heavy atom. The summed E-state index contributed by atoms with van der Waals surface area (Å²) in [6.45, 7) is 1.79. The van der Waals surface area contributed by atoms with E-state index in [2.05, 4.69) is 10.0 Å². The zero-order chi connectivity index (χ0) is 20.1. The SMILES string of the molecule is C[C@@H](NC(=O)Cc1ccc(NS(=O)(=O)c2cccs2)cc1)c1cccc(F)c1. The third-order valence-electron chi connectivity index (χ3n) is 4.06. The molecule has 0 fully saturated rings. The Hall–Kier alpha value is -2.71. The van der Waals surface area contributed by atoms with Crippen molar-refractivity contribution in [3.05, 3.63) is 83.0 Å². The van der Waals surface area contributed by atoms with Gasteiger partial charge in [-0.1, -0.05) is 30.3 Å². The number of carbonyl (C=O) groups excluding carboxylic acids is 1. The third kappa shape index (κ3) is 5.17. The average molecular weight is 419 g/mol. The number of rotatable bonds is 7. The fraction of sp³-hybridized carbons (Fsp3) is 0.150. The lowest BCUT2D eigenvalue weighted by Crippen LogP contribution is -2.28. The fourth-order valence-corrected chi connectivity index (χ4v) is 4.70. The van der Waals surface area contributed by atoms with Crippen molar-refractivity contribution in [1.82, 2.24) is 5.32 Å². The van der Waals surface area contributed by atoms with E-state index in [0.717, 1.165) is 16.9 Å². The number of sulfonamides is 1. The quantitative estimate of drug-likeness (QED) is 0.606. The molecule has 1 heterocycles. The minimum atomic E-state index is -3.60. The van der Waals surface area contributed by atoms with Gasteiger partial charge in [0.1, 0.15) is 10.0 Å². The molecular formula is C20H19FN2O3S2. The first kappa shape index (κ1) is 20.0. The number of hydrogen-bond donors (Lipinski definition) is 2. The Bertz CT molecular complexity index is 1050. The van der Waals surface area contributed by atoms with Gasteiger partial charge in [0, 0.05) is 5.69 Å². The van der Waals surface area contributed by atoms with Gasteiger partial charge in [0.2, 0.25) is 5.91 Å². The Morgan fingerprint density at radius 2 is 1.86 bits per heavy atom. The molecule has 0 saturated heterocycles. The van der Waals surface area contributed by atoms with Gasteiger partial charge in [-0.15, -0.1) is 11.3 Å². The average Bonchev–Trinajstić information content (AvgIpc) is 3.19. The molecule has 5 nitrogen and oxygen atoms in total. The summed E-state index contributed by atoms with van der Waals surface area (Å²) in [4.78, 5) is 12.2. The minimum Gasteiger partial charge on any atom is -0.349 e. The van der Waals surface area contributed by atoms with Crippen LogP contribution in [0.2, 0.25) is 0 Å². The van der Waals surface area contributed by atoms with Crippen molar-refractivity contribution >= 4 is 33.0 Å². The van der Waals surface area contributed by atoms with Gasteiger partial charge in [0.25, 0.3) is 10.0 Å². The number of thiophene rings is 1. The third-order valence-corrected chi connectivity index (χ3v) is 6.84. The van der Waals surface area contributed by atoms with Gasteiger partial charge in [0.15, 0.2) is 0 Å². The molecule has 0 unspecified atom stereocenters. The van der Waals surface area contributed by atoms with Crippen LogP contribution in [0.1, 0.15) is 24.1 Å². The van der Waals surface area contributed by atoms with Gasteiger partial charge in [-0.2, -0.15) is 0 Å². The topological polar surface area (TPSA) is 75.3 Å². The lowest BCUT2D eigenvalue weighted by atomic mass is 10.1. The largest absolute Gasteiger partial charge is 0.349 e. The van der Waals surface area contributed by atoms with Crippen molar-refractivity contribution < 1.29 is 17.6 Å². The minimum absolute atomic E-state index is 0.137. The molecule has 3 aromatic rings. The second kappa shape index (κ2) is 8.53. The second-order valence-corrected chi connectivity index (χ2v) is 9.11. The lowest BCUT2D eigenvalue weighted by Gasteiger charge is -2.14. The molecule has 0 radical (unpaired) electrons. The van der Waals surface area contributed by atoms with Crippen LogP contribution in [0.4, 0.5) is 10.1 Å². The number of carbonyl (C=O) groups is 1. The van der Waals surface area contributed by atoms with Gasteiger partial charge >= 0.3 is 0 Å². The van der Waals surface area contributed by atoms with Crippen molar-refractivity contribution in [2.45, 2.75) is 23.6 Å². The zero-order valence-electron chi connectivity index (χ0n) is 15.1. The summed E-state index contributed by atoms with van der Waals surface area (Å²) in [7, 11) is -3.60. The van der Waals surface area contributed by atoms with E-state index in [0.29, 0.717) is 11.3 Å². The highest BCUT2D eigenvalue weighted by Gasteiger charge is 2.15. The van der Waals surface area contributed by atoms with Crippen LogP contribution in [-0.2, 0) is 21.2 Å². The maximum absolute atomic E-state index is 13.3. The molecule has 28 heavy (non-hydrogen) atoms. The highest BCUT2D eigenvalue weighted by molar-refractivity contribution is 7.94. The Balaban J connectivity index is 1.58. The van der Waals surface area contributed by atoms with Crippen molar-refractivity contribution in [1.29, 1.82) is 0 Å². The van der Waals surface area contributed by atoms with Crippen molar-refractivity contribution in [2.24, 2.45) is 0 Å². The highest BCUT2D eigenvalue weighted by Crippen LogP contribution is 2.20. The predicted molar refractivity (Wildman–Crippen MR) is 108 cm³/mol. The summed E-state index contributed by atoms with van der Waals surface area (Å²) in [5.41, 5.74) is 1.85. The van der Waals surface area contributed by atoms with Crippen LogP contribution in [0.5, 0.6) is 0 Å². The second-order valence-electron chi connectivity index (χ2n) is 6.26. The normalized spacial score (nSPS) is 12.4. The molecule has 0 bridgehead atoms. The molecule has 0 saturated carbocycles. The molecule has 0 aliphatic carbocycles. The van der Waals surface area contributed by atoms with E-state index in [1.54, 1.807) is 54.8 Å². The number of amides is 1. The van der Waals surface area contributed by atoms with Crippen LogP contribution in [0.15, 0.2) is 70.3 Å². The molecule has 0 spiro atoms. The lowest BCUT2D eigenvalue weighted by molar-refractivity contribution is -0.121. The maximum Gasteiger partial charge on any atom is 0.271 e. The van der Waals surface area contributed by atoms with E-state index < -0.39 is 10.0 Å². The van der Waals surface area contributed by atoms with Crippen molar-refractivity contribution in [3.8, 4) is 0 Å². The Morgan fingerprint density at radius 1 is 1.11 bits per heavy atom. The van der Waals surface area contributed by atoms with Crippen LogP contribution in [0, 0.1) is 5.82 Å². The Labute approximate surface area is 167 Å².